The van der Waals surface area contributed by atoms with Gasteiger partial charge in [0.15, 0.2) is 12.2 Å². The van der Waals surface area contributed by atoms with Crippen LogP contribution in [-0.2, 0) is 65.4 Å². The van der Waals surface area contributed by atoms with Gasteiger partial charge in [0.05, 0.1) is 26.4 Å². The molecule has 0 fully saturated rings. The Morgan fingerprint density at radius 2 is 0.584 bits per heavy atom. The van der Waals surface area contributed by atoms with Crippen molar-refractivity contribution >= 4 is 39.5 Å². The van der Waals surface area contributed by atoms with Crippen molar-refractivity contribution in [3.8, 4) is 0 Å². The van der Waals surface area contributed by atoms with Crippen LogP contribution in [0.5, 0.6) is 0 Å². The molecule has 596 valence electrons. The number of hydrogen-bond donors (Lipinski definition) is 3. The molecule has 0 aliphatic rings. The maximum absolute atomic E-state index is 13.1. The quantitative estimate of drug-likeness (QED) is 0.0169. The van der Waals surface area contributed by atoms with Crippen molar-refractivity contribution < 1.29 is 80.2 Å². The number of aliphatic hydroxyl groups is 1. The molecular formula is C82H156O17P2. The van der Waals surface area contributed by atoms with E-state index in [4.69, 9.17) is 37.0 Å². The molecular weight excluding hydrogens is 1320 g/mol. The fraction of sp³-hybridized carbons (Fsp3) is 0.902. The summed E-state index contributed by atoms with van der Waals surface area (Å²) >= 11 is 0. The monoisotopic (exact) mass is 1480 g/mol. The van der Waals surface area contributed by atoms with Gasteiger partial charge in [0.2, 0.25) is 0 Å². The molecule has 0 rings (SSSR count). The van der Waals surface area contributed by atoms with Crippen LogP contribution < -0.4 is 0 Å². The maximum Gasteiger partial charge on any atom is 0.472 e. The Kier molecular flexibility index (Phi) is 71.3. The van der Waals surface area contributed by atoms with Crippen molar-refractivity contribution in [3.05, 3.63) is 24.3 Å². The van der Waals surface area contributed by atoms with Crippen LogP contribution in [0.3, 0.4) is 0 Å². The number of esters is 4. The summed E-state index contributed by atoms with van der Waals surface area (Å²) in [6, 6.07) is 0. The Hall–Kier alpha value is -2.46. The molecule has 101 heavy (non-hydrogen) atoms. The number of allylic oxidation sites excluding steroid dienone is 4. The van der Waals surface area contributed by atoms with Crippen LogP contribution in [0.25, 0.3) is 0 Å². The molecule has 19 heteroatoms. The summed E-state index contributed by atoms with van der Waals surface area (Å²) in [4.78, 5) is 73.0. The Morgan fingerprint density at radius 3 is 0.891 bits per heavy atom. The maximum atomic E-state index is 13.1. The van der Waals surface area contributed by atoms with Gasteiger partial charge in [-0.2, -0.15) is 0 Å². The van der Waals surface area contributed by atoms with E-state index in [2.05, 4.69) is 65.8 Å². The second kappa shape index (κ2) is 73.1. The highest BCUT2D eigenvalue weighted by molar-refractivity contribution is 7.47. The van der Waals surface area contributed by atoms with Crippen LogP contribution in [0.1, 0.15) is 408 Å². The van der Waals surface area contributed by atoms with Gasteiger partial charge in [-0.3, -0.25) is 37.3 Å². The summed E-state index contributed by atoms with van der Waals surface area (Å²) in [5.74, 6) is -0.591. The lowest BCUT2D eigenvalue weighted by molar-refractivity contribution is -0.161. The normalized spacial score (nSPS) is 14.3. The lowest BCUT2D eigenvalue weighted by Gasteiger charge is -2.21. The number of rotatable bonds is 79. The zero-order chi connectivity index (χ0) is 74.2. The number of ether oxygens (including phenoxy) is 4. The lowest BCUT2D eigenvalue weighted by Crippen LogP contribution is -2.30. The fourth-order valence-electron chi connectivity index (χ4n) is 12.1. The molecule has 0 heterocycles. The number of aliphatic hydroxyl groups excluding tert-OH is 1. The van der Waals surface area contributed by atoms with Gasteiger partial charge >= 0.3 is 39.5 Å². The molecule has 3 N–H and O–H groups in total. The summed E-state index contributed by atoms with van der Waals surface area (Å²) in [7, 11) is -9.93. The summed E-state index contributed by atoms with van der Waals surface area (Å²) in [5, 5.41) is 10.6. The third-order valence-electron chi connectivity index (χ3n) is 18.9. The second-order valence-corrected chi connectivity index (χ2v) is 32.5. The zero-order valence-electron chi connectivity index (χ0n) is 65.7. The van der Waals surface area contributed by atoms with Crippen molar-refractivity contribution in [2.24, 2.45) is 11.8 Å². The highest BCUT2D eigenvalue weighted by Gasteiger charge is 2.30. The molecule has 0 saturated heterocycles. The van der Waals surface area contributed by atoms with E-state index in [1.165, 1.54) is 199 Å². The number of unbranched alkanes of at least 4 members (excludes halogenated alkanes) is 45. The van der Waals surface area contributed by atoms with Gasteiger partial charge in [0.25, 0.3) is 0 Å². The van der Waals surface area contributed by atoms with E-state index >= 15 is 0 Å². The standard InChI is InChI=1S/C82H156O17P2/c1-7-10-12-14-16-18-20-22-28-33-37-41-45-52-58-64-79(84)92-70-77(98-81(86)66-61-55-47-43-39-35-31-27-25-24-26-30-32-36-40-44-50-56-62-74(4)5)72-96-100(88,89)94-68-76(83)69-95-101(90,91)97-73-78(71-93-80(85)65-59-53-49-48-51-57-63-75(6)9-3)99-82(87)67-60-54-46-42-38-34-29-23-21-19-17-15-13-11-8-2/h18,20,22,28,74-78,83H,7-17,19,21,23-27,29-73H2,1-6H3,(H,88,89)(H,90,91)/b20-18-,28-22-/t75?,76-,77-,78-/m1/s1. The largest absolute Gasteiger partial charge is 0.472 e. The number of phosphoric acid groups is 2. The first-order valence-corrected chi connectivity index (χ1v) is 44.8. The van der Waals surface area contributed by atoms with Gasteiger partial charge in [-0.1, -0.05) is 355 Å². The Morgan fingerprint density at radius 1 is 0.327 bits per heavy atom. The molecule has 0 amide bonds. The van der Waals surface area contributed by atoms with Crippen molar-refractivity contribution in [1.82, 2.24) is 0 Å². The minimum Gasteiger partial charge on any atom is -0.462 e. The van der Waals surface area contributed by atoms with E-state index in [1.54, 1.807) is 0 Å². The molecule has 0 aromatic heterocycles. The molecule has 0 radical (unpaired) electrons. The van der Waals surface area contributed by atoms with E-state index in [9.17, 15) is 43.2 Å². The van der Waals surface area contributed by atoms with Crippen LogP contribution in [0.15, 0.2) is 24.3 Å². The summed E-state index contributed by atoms with van der Waals surface area (Å²) in [6.45, 7) is 9.57. The molecule has 0 aliphatic carbocycles. The average molecular weight is 1480 g/mol. The average Bonchev–Trinajstić information content (AvgIpc) is 0.925. The first kappa shape index (κ1) is 98.5. The van der Waals surface area contributed by atoms with Gasteiger partial charge in [-0.15, -0.1) is 0 Å². The number of hydrogen-bond acceptors (Lipinski definition) is 15. The number of carbonyl (C=O) groups is 4. The molecule has 6 atom stereocenters. The van der Waals surface area contributed by atoms with Crippen molar-refractivity contribution in [1.29, 1.82) is 0 Å². The predicted molar refractivity (Wildman–Crippen MR) is 414 cm³/mol. The smallest absolute Gasteiger partial charge is 0.462 e. The van der Waals surface area contributed by atoms with Crippen molar-refractivity contribution in [2.45, 2.75) is 426 Å². The van der Waals surface area contributed by atoms with E-state index in [0.717, 1.165) is 127 Å². The molecule has 0 aromatic carbocycles. The molecule has 17 nitrogen and oxygen atoms in total. The van der Waals surface area contributed by atoms with Crippen LogP contribution in [0.2, 0.25) is 0 Å². The highest BCUT2D eigenvalue weighted by atomic mass is 31.2. The molecule has 0 saturated carbocycles. The van der Waals surface area contributed by atoms with Crippen LogP contribution >= 0.6 is 15.6 Å². The van der Waals surface area contributed by atoms with Gasteiger partial charge < -0.3 is 33.8 Å². The zero-order valence-corrected chi connectivity index (χ0v) is 67.5. The lowest BCUT2D eigenvalue weighted by atomic mass is 10.00. The van der Waals surface area contributed by atoms with Crippen LogP contribution in [0, 0.1) is 11.8 Å². The van der Waals surface area contributed by atoms with Gasteiger partial charge in [-0.25, -0.2) is 9.13 Å². The van der Waals surface area contributed by atoms with Crippen molar-refractivity contribution in [3.63, 3.8) is 0 Å². The van der Waals surface area contributed by atoms with E-state index in [0.29, 0.717) is 25.7 Å². The van der Waals surface area contributed by atoms with Gasteiger partial charge in [0, 0.05) is 25.7 Å². The van der Waals surface area contributed by atoms with Crippen LogP contribution in [0.4, 0.5) is 0 Å². The minimum atomic E-state index is -4.97. The van der Waals surface area contributed by atoms with Crippen molar-refractivity contribution in [2.75, 3.05) is 39.6 Å². The van der Waals surface area contributed by atoms with Crippen LogP contribution in [-0.4, -0.2) is 96.7 Å². The summed E-state index contributed by atoms with van der Waals surface area (Å²) < 4.78 is 68.7. The second-order valence-electron chi connectivity index (χ2n) is 29.5. The summed E-state index contributed by atoms with van der Waals surface area (Å²) in [5.41, 5.74) is 0. The molecule has 3 unspecified atom stereocenters. The SMILES string of the molecule is CCCCCC/C=C\C=C/CCCCCCCC(=O)OC[C@H](COP(=O)(O)OC[C@@H](O)COP(=O)(O)OC[C@@H](COC(=O)CCCCCCCCC(C)CC)OC(=O)CCCCCCCCCCCCCCCCC)OC(=O)CCCCCCCCCCCCCCCCCCCCC(C)C. The predicted octanol–water partition coefficient (Wildman–Crippen LogP) is 24.2. The molecule has 0 bridgehead atoms. The van der Waals surface area contributed by atoms with E-state index in [1.807, 2.05) is 0 Å². The third kappa shape index (κ3) is 74.2. The Labute approximate surface area is 618 Å². The van der Waals surface area contributed by atoms with E-state index in [-0.39, 0.29) is 25.7 Å². The fourth-order valence-corrected chi connectivity index (χ4v) is 13.7. The molecule has 0 spiro atoms. The summed E-state index contributed by atoms with van der Waals surface area (Å²) in [6.07, 6.45) is 66.1. The first-order chi connectivity index (χ1) is 48.9. The highest BCUT2D eigenvalue weighted by Crippen LogP contribution is 2.45. The molecule has 0 aliphatic heterocycles. The van der Waals surface area contributed by atoms with Gasteiger partial charge in [0.1, 0.15) is 19.3 Å². The van der Waals surface area contributed by atoms with Gasteiger partial charge in [-0.05, 0) is 63.2 Å². The third-order valence-corrected chi connectivity index (χ3v) is 20.8. The topological polar surface area (TPSA) is 237 Å². The Bertz CT molecular complexity index is 2040. The number of carbonyl (C=O) groups excluding carboxylic acids is 4. The Balaban J connectivity index is 5.26. The minimum absolute atomic E-state index is 0.101. The number of phosphoric ester groups is 2. The van der Waals surface area contributed by atoms with E-state index < -0.39 is 97.5 Å². The molecule has 0 aromatic rings. The first-order valence-electron chi connectivity index (χ1n) is 41.8.